The van der Waals surface area contributed by atoms with Gasteiger partial charge in [0.1, 0.15) is 5.82 Å². The molecule has 20 heavy (non-hydrogen) atoms. The number of halogens is 1. The first-order valence-electron chi connectivity index (χ1n) is 7.39. The van der Waals surface area contributed by atoms with E-state index in [0.717, 1.165) is 18.4 Å². The molecule has 1 aromatic carbocycles. The third kappa shape index (κ3) is 3.02. The standard InChI is InChI=1S/C17H23FO2/c1-10(2)12-5-6-13(17(19)20)14(9-12)15-8-11(3)4-7-16(15)18/h4,7-8,10,12-14H,5-6,9H2,1-3H3,(H,19,20). The Balaban J connectivity index is 2.36. The molecular weight excluding hydrogens is 255 g/mol. The summed E-state index contributed by atoms with van der Waals surface area (Å²) in [5.41, 5.74) is 1.57. The molecule has 1 saturated carbocycles. The van der Waals surface area contributed by atoms with Gasteiger partial charge in [0, 0.05) is 5.92 Å². The van der Waals surface area contributed by atoms with E-state index in [9.17, 15) is 14.3 Å². The molecular formula is C17H23FO2. The summed E-state index contributed by atoms with van der Waals surface area (Å²) in [4.78, 5) is 11.5. The summed E-state index contributed by atoms with van der Waals surface area (Å²) in [7, 11) is 0. The van der Waals surface area contributed by atoms with Gasteiger partial charge < -0.3 is 5.11 Å². The molecule has 0 heterocycles. The lowest BCUT2D eigenvalue weighted by atomic mass is 9.68. The Hall–Kier alpha value is -1.38. The number of rotatable bonds is 3. The third-order valence-corrected chi connectivity index (χ3v) is 4.70. The highest BCUT2D eigenvalue weighted by Gasteiger charge is 2.37. The molecule has 1 N–H and O–H groups in total. The number of carboxylic acid groups (broad SMARTS) is 1. The minimum atomic E-state index is -0.793. The number of benzene rings is 1. The Labute approximate surface area is 120 Å². The lowest BCUT2D eigenvalue weighted by molar-refractivity contribution is -0.144. The second-order valence-corrected chi connectivity index (χ2v) is 6.39. The smallest absolute Gasteiger partial charge is 0.307 e. The molecule has 110 valence electrons. The summed E-state index contributed by atoms with van der Waals surface area (Å²) >= 11 is 0. The molecule has 1 aromatic rings. The Morgan fingerprint density at radius 2 is 2.05 bits per heavy atom. The number of hydrogen-bond acceptors (Lipinski definition) is 1. The maximum Gasteiger partial charge on any atom is 0.307 e. The minimum absolute atomic E-state index is 0.200. The minimum Gasteiger partial charge on any atom is -0.481 e. The van der Waals surface area contributed by atoms with Crippen molar-refractivity contribution >= 4 is 5.97 Å². The maximum absolute atomic E-state index is 14.1. The van der Waals surface area contributed by atoms with Crippen molar-refractivity contribution in [3.05, 3.63) is 35.1 Å². The van der Waals surface area contributed by atoms with E-state index in [1.165, 1.54) is 6.07 Å². The van der Waals surface area contributed by atoms with Crippen LogP contribution in [0, 0.1) is 30.5 Å². The monoisotopic (exact) mass is 278 g/mol. The molecule has 1 fully saturated rings. The Bertz CT molecular complexity index is 496. The number of aryl methyl sites for hydroxylation is 1. The van der Waals surface area contributed by atoms with Crippen LogP contribution < -0.4 is 0 Å². The van der Waals surface area contributed by atoms with E-state index in [4.69, 9.17) is 0 Å². The molecule has 2 rings (SSSR count). The number of hydrogen-bond donors (Lipinski definition) is 1. The molecule has 0 saturated heterocycles. The molecule has 1 aliphatic carbocycles. The molecule has 0 aromatic heterocycles. The molecule has 0 aliphatic heterocycles. The highest BCUT2D eigenvalue weighted by atomic mass is 19.1. The van der Waals surface area contributed by atoms with Crippen LogP contribution in [0.4, 0.5) is 4.39 Å². The molecule has 3 unspecified atom stereocenters. The van der Waals surface area contributed by atoms with Crippen molar-refractivity contribution in [1.82, 2.24) is 0 Å². The van der Waals surface area contributed by atoms with E-state index in [2.05, 4.69) is 13.8 Å². The predicted molar refractivity (Wildman–Crippen MR) is 77.2 cm³/mol. The van der Waals surface area contributed by atoms with Gasteiger partial charge in [-0.1, -0.05) is 31.5 Å². The van der Waals surface area contributed by atoms with Crippen molar-refractivity contribution in [2.45, 2.75) is 46.0 Å². The van der Waals surface area contributed by atoms with E-state index in [-0.39, 0.29) is 11.7 Å². The second kappa shape index (κ2) is 5.94. The number of carboxylic acids is 1. The van der Waals surface area contributed by atoms with Gasteiger partial charge in [0.15, 0.2) is 0 Å². The number of aliphatic carboxylic acids is 1. The van der Waals surface area contributed by atoms with Gasteiger partial charge >= 0.3 is 5.97 Å². The van der Waals surface area contributed by atoms with Gasteiger partial charge in [-0.25, -0.2) is 4.39 Å². The Morgan fingerprint density at radius 3 is 2.65 bits per heavy atom. The van der Waals surface area contributed by atoms with Crippen LogP contribution >= 0.6 is 0 Å². The zero-order valence-corrected chi connectivity index (χ0v) is 12.4. The highest BCUT2D eigenvalue weighted by molar-refractivity contribution is 5.71. The first-order chi connectivity index (χ1) is 9.40. The summed E-state index contributed by atoms with van der Waals surface area (Å²) in [5, 5.41) is 9.43. The van der Waals surface area contributed by atoms with Crippen molar-refractivity contribution in [2.24, 2.45) is 17.8 Å². The normalized spacial score (nSPS) is 26.8. The van der Waals surface area contributed by atoms with Crippen LogP contribution in [-0.4, -0.2) is 11.1 Å². The average Bonchev–Trinajstić information content (AvgIpc) is 2.40. The zero-order chi connectivity index (χ0) is 14.9. The molecule has 0 spiro atoms. The SMILES string of the molecule is Cc1ccc(F)c(C2CC(C(C)C)CCC2C(=O)O)c1. The van der Waals surface area contributed by atoms with Gasteiger partial charge in [-0.3, -0.25) is 4.79 Å². The van der Waals surface area contributed by atoms with Gasteiger partial charge in [-0.2, -0.15) is 0 Å². The summed E-state index contributed by atoms with van der Waals surface area (Å²) in [5.74, 6) is -0.722. The molecule has 0 radical (unpaired) electrons. The van der Waals surface area contributed by atoms with Crippen LogP contribution in [0.1, 0.15) is 50.2 Å². The quantitative estimate of drug-likeness (QED) is 0.891. The molecule has 0 amide bonds. The lowest BCUT2D eigenvalue weighted by Gasteiger charge is -2.36. The van der Waals surface area contributed by atoms with Crippen LogP contribution in [0.2, 0.25) is 0 Å². The van der Waals surface area contributed by atoms with Crippen molar-refractivity contribution in [2.75, 3.05) is 0 Å². The molecule has 1 aliphatic rings. The van der Waals surface area contributed by atoms with E-state index in [0.29, 0.717) is 23.8 Å². The van der Waals surface area contributed by atoms with Crippen molar-refractivity contribution in [3.63, 3.8) is 0 Å². The van der Waals surface area contributed by atoms with Crippen molar-refractivity contribution in [1.29, 1.82) is 0 Å². The van der Waals surface area contributed by atoms with Crippen LogP contribution in [0.25, 0.3) is 0 Å². The van der Waals surface area contributed by atoms with Crippen molar-refractivity contribution < 1.29 is 14.3 Å². The van der Waals surface area contributed by atoms with E-state index >= 15 is 0 Å². The molecule has 2 nitrogen and oxygen atoms in total. The maximum atomic E-state index is 14.1. The number of carbonyl (C=O) groups is 1. The Morgan fingerprint density at radius 1 is 1.35 bits per heavy atom. The van der Waals surface area contributed by atoms with Crippen molar-refractivity contribution in [3.8, 4) is 0 Å². The second-order valence-electron chi connectivity index (χ2n) is 6.39. The molecule has 3 atom stereocenters. The van der Waals surface area contributed by atoms with Gasteiger partial charge in [0.25, 0.3) is 0 Å². The van der Waals surface area contributed by atoms with E-state index in [1.54, 1.807) is 6.07 Å². The molecule has 3 heteroatoms. The first kappa shape index (κ1) is 15.0. The Kier molecular flexibility index (Phi) is 4.46. The van der Waals surface area contributed by atoms with E-state index in [1.807, 2.05) is 13.0 Å². The zero-order valence-electron chi connectivity index (χ0n) is 12.4. The summed E-state index contributed by atoms with van der Waals surface area (Å²) in [6.45, 7) is 6.24. The third-order valence-electron chi connectivity index (χ3n) is 4.70. The fourth-order valence-electron chi connectivity index (χ4n) is 3.40. The topological polar surface area (TPSA) is 37.3 Å². The summed E-state index contributed by atoms with van der Waals surface area (Å²) in [6.07, 6.45) is 2.35. The summed E-state index contributed by atoms with van der Waals surface area (Å²) < 4.78 is 14.1. The van der Waals surface area contributed by atoms with Gasteiger partial charge in [-0.15, -0.1) is 0 Å². The predicted octanol–water partition coefficient (Wildman–Crippen LogP) is 4.37. The van der Waals surface area contributed by atoms with E-state index < -0.39 is 11.9 Å². The average molecular weight is 278 g/mol. The van der Waals surface area contributed by atoms with Gasteiger partial charge in [0.2, 0.25) is 0 Å². The first-order valence-corrected chi connectivity index (χ1v) is 7.39. The fourth-order valence-corrected chi connectivity index (χ4v) is 3.40. The van der Waals surface area contributed by atoms with Gasteiger partial charge in [-0.05, 0) is 49.7 Å². The van der Waals surface area contributed by atoms with Crippen LogP contribution in [0.5, 0.6) is 0 Å². The van der Waals surface area contributed by atoms with Crippen LogP contribution in [0.3, 0.4) is 0 Å². The largest absolute Gasteiger partial charge is 0.481 e. The van der Waals surface area contributed by atoms with Crippen LogP contribution in [0.15, 0.2) is 18.2 Å². The fraction of sp³-hybridized carbons (Fsp3) is 0.588. The van der Waals surface area contributed by atoms with Gasteiger partial charge in [0.05, 0.1) is 5.92 Å². The summed E-state index contributed by atoms with van der Waals surface area (Å²) in [6, 6.07) is 5.01. The molecule has 0 bridgehead atoms. The lowest BCUT2D eigenvalue weighted by Crippen LogP contribution is -2.31. The van der Waals surface area contributed by atoms with Crippen LogP contribution in [-0.2, 0) is 4.79 Å². The highest BCUT2D eigenvalue weighted by Crippen LogP contribution is 2.44.